The monoisotopic (exact) mass is 260 g/mol. The molecule has 1 aliphatic heterocycles. The fourth-order valence-electron chi connectivity index (χ4n) is 2.49. The Morgan fingerprint density at radius 3 is 2.89 bits per heavy atom. The number of hydrogen-bond acceptors (Lipinski definition) is 3. The van der Waals surface area contributed by atoms with Crippen molar-refractivity contribution in [2.45, 2.75) is 45.1 Å². The van der Waals surface area contributed by atoms with Crippen molar-refractivity contribution in [3.8, 4) is 0 Å². The van der Waals surface area contributed by atoms with Gasteiger partial charge in [0, 0.05) is 31.3 Å². The fraction of sp³-hybridized carbons (Fsp3) is 0.533. The first-order chi connectivity index (χ1) is 9.01. The van der Waals surface area contributed by atoms with Crippen molar-refractivity contribution in [1.29, 1.82) is 0 Å². The van der Waals surface area contributed by atoms with Crippen LogP contribution >= 0.6 is 0 Å². The average Bonchev–Trinajstić information content (AvgIpc) is 2.40. The molecule has 4 nitrogen and oxygen atoms in total. The summed E-state index contributed by atoms with van der Waals surface area (Å²) in [6.07, 6.45) is 4.12. The Hall–Kier alpha value is -1.71. The van der Waals surface area contributed by atoms with Gasteiger partial charge in [0.25, 0.3) is 0 Å². The molecule has 1 aliphatic rings. The van der Waals surface area contributed by atoms with E-state index in [1.165, 1.54) is 0 Å². The molecule has 1 saturated heterocycles. The number of aryl methyl sites for hydroxylation is 1. The first kappa shape index (κ1) is 13.7. The molecule has 1 aromatic heterocycles. The van der Waals surface area contributed by atoms with Crippen LogP contribution in [0.5, 0.6) is 0 Å². The van der Waals surface area contributed by atoms with Crippen LogP contribution in [0.3, 0.4) is 0 Å². The van der Waals surface area contributed by atoms with Crippen molar-refractivity contribution in [2.24, 2.45) is 0 Å². The van der Waals surface area contributed by atoms with Gasteiger partial charge in [-0.1, -0.05) is 6.07 Å². The van der Waals surface area contributed by atoms with Crippen LogP contribution in [0.4, 0.5) is 0 Å². The van der Waals surface area contributed by atoms with Crippen molar-refractivity contribution in [2.75, 3.05) is 6.54 Å². The molecule has 1 aromatic rings. The second kappa shape index (κ2) is 5.51. The van der Waals surface area contributed by atoms with Crippen molar-refractivity contribution >= 4 is 11.7 Å². The minimum atomic E-state index is -0.653. The van der Waals surface area contributed by atoms with Gasteiger partial charge in [-0.25, -0.2) is 0 Å². The predicted octanol–water partition coefficient (Wildman–Crippen LogP) is 1.98. The number of pyridine rings is 1. The van der Waals surface area contributed by atoms with Crippen LogP contribution in [0.25, 0.3) is 0 Å². The molecule has 0 bridgehead atoms. The Bertz CT molecular complexity index is 468. The molecule has 2 heterocycles. The minimum absolute atomic E-state index is 0.0451. The fourth-order valence-corrected chi connectivity index (χ4v) is 2.49. The summed E-state index contributed by atoms with van der Waals surface area (Å²) in [5.74, 6) is 0.202. The van der Waals surface area contributed by atoms with Crippen molar-refractivity contribution in [3.63, 3.8) is 0 Å². The van der Waals surface area contributed by atoms with Gasteiger partial charge >= 0.3 is 0 Å². The van der Waals surface area contributed by atoms with Crippen molar-refractivity contribution in [1.82, 2.24) is 9.88 Å². The lowest BCUT2D eigenvalue weighted by Crippen LogP contribution is -2.56. The number of carbonyl (C=O) groups is 2. The highest BCUT2D eigenvalue weighted by atomic mass is 16.2. The summed E-state index contributed by atoms with van der Waals surface area (Å²) in [6.45, 7) is 4.36. The SMILES string of the molecule is CC1(C)C(=O)CCCN1C(=O)CCc1ccccn1. The molecule has 0 N–H and O–H groups in total. The van der Waals surface area contributed by atoms with E-state index in [-0.39, 0.29) is 11.7 Å². The maximum atomic E-state index is 12.3. The van der Waals surface area contributed by atoms with Gasteiger partial charge in [0.15, 0.2) is 5.78 Å². The number of piperidine rings is 1. The first-order valence-electron chi connectivity index (χ1n) is 6.75. The molecule has 1 amide bonds. The van der Waals surface area contributed by atoms with Gasteiger partial charge in [0.1, 0.15) is 0 Å². The summed E-state index contributed by atoms with van der Waals surface area (Å²) in [4.78, 5) is 30.1. The summed E-state index contributed by atoms with van der Waals surface area (Å²) >= 11 is 0. The highest BCUT2D eigenvalue weighted by molar-refractivity contribution is 5.93. The zero-order chi connectivity index (χ0) is 13.9. The summed E-state index contributed by atoms with van der Waals surface area (Å²) in [5.41, 5.74) is 0.261. The Labute approximate surface area is 113 Å². The Morgan fingerprint density at radius 2 is 2.21 bits per heavy atom. The molecule has 1 fully saturated rings. The Morgan fingerprint density at radius 1 is 1.42 bits per heavy atom. The normalized spacial score (nSPS) is 18.4. The zero-order valence-electron chi connectivity index (χ0n) is 11.6. The van der Waals surface area contributed by atoms with Gasteiger partial charge in [-0.3, -0.25) is 14.6 Å². The number of hydrogen-bond donors (Lipinski definition) is 0. The standard InChI is InChI=1S/C15H20N2O2/c1-15(2)13(18)7-5-11-17(15)14(19)9-8-12-6-3-4-10-16-12/h3-4,6,10H,5,7-9,11H2,1-2H3. The number of ketones is 1. The lowest BCUT2D eigenvalue weighted by molar-refractivity contribution is -0.148. The van der Waals surface area contributed by atoms with Crippen LogP contribution in [-0.4, -0.2) is 33.7 Å². The van der Waals surface area contributed by atoms with Gasteiger partial charge < -0.3 is 4.90 Å². The van der Waals surface area contributed by atoms with Crippen LogP contribution in [0, 0.1) is 0 Å². The number of aromatic nitrogens is 1. The number of carbonyl (C=O) groups excluding carboxylic acids is 2. The molecule has 0 unspecified atom stereocenters. The van der Waals surface area contributed by atoms with Crippen LogP contribution < -0.4 is 0 Å². The summed E-state index contributed by atoms with van der Waals surface area (Å²) < 4.78 is 0. The third-order valence-corrected chi connectivity index (χ3v) is 3.76. The molecular weight excluding hydrogens is 240 g/mol. The molecule has 0 aliphatic carbocycles. The topological polar surface area (TPSA) is 50.3 Å². The molecular formula is C15H20N2O2. The maximum absolute atomic E-state index is 12.3. The molecule has 0 saturated carbocycles. The van der Waals surface area contributed by atoms with Gasteiger partial charge in [0.2, 0.25) is 5.91 Å². The smallest absolute Gasteiger partial charge is 0.223 e. The Kier molecular flexibility index (Phi) is 3.98. The number of Topliss-reactive ketones (excluding diaryl/α,β-unsaturated/α-hetero) is 1. The number of rotatable bonds is 3. The second-order valence-corrected chi connectivity index (χ2v) is 5.45. The molecule has 0 radical (unpaired) electrons. The summed E-state index contributed by atoms with van der Waals surface area (Å²) in [6, 6.07) is 5.69. The largest absolute Gasteiger partial charge is 0.331 e. The zero-order valence-corrected chi connectivity index (χ0v) is 11.6. The van der Waals surface area contributed by atoms with E-state index >= 15 is 0 Å². The molecule has 0 atom stereocenters. The minimum Gasteiger partial charge on any atom is -0.331 e. The van der Waals surface area contributed by atoms with Gasteiger partial charge in [0.05, 0.1) is 5.54 Å². The van der Waals surface area contributed by atoms with Crippen molar-refractivity contribution in [3.05, 3.63) is 30.1 Å². The van der Waals surface area contributed by atoms with E-state index in [0.29, 0.717) is 25.8 Å². The molecule has 19 heavy (non-hydrogen) atoms. The molecule has 4 heteroatoms. The quantitative estimate of drug-likeness (QED) is 0.835. The van der Waals surface area contributed by atoms with E-state index in [0.717, 1.165) is 12.1 Å². The molecule has 102 valence electrons. The van der Waals surface area contributed by atoms with Crippen LogP contribution in [0.2, 0.25) is 0 Å². The average molecular weight is 260 g/mol. The number of likely N-dealkylation sites (tertiary alicyclic amines) is 1. The van der Waals surface area contributed by atoms with Crippen LogP contribution in [-0.2, 0) is 16.0 Å². The lowest BCUT2D eigenvalue weighted by Gasteiger charge is -2.41. The second-order valence-electron chi connectivity index (χ2n) is 5.45. The van der Waals surface area contributed by atoms with Crippen LogP contribution in [0.15, 0.2) is 24.4 Å². The van der Waals surface area contributed by atoms with Gasteiger partial charge in [-0.05, 0) is 38.8 Å². The van der Waals surface area contributed by atoms with E-state index in [1.807, 2.05) is 32.0 Å². The molecule has 2 rings (SSSR count). The van der Waals surface area contributed by atoms with E-state index in [4.69, 9.17) is 0 Å². The number of nitrogens with zero attached hydrogens (tertiary/aromatic N) is 2. The lowest BCUT2D eigenvalue weighted by atomic mass is 9.88. The number of amides is 1. The predicted molar refractivity (Wildman–Crippen MR) is 72.6 cm³/mol. The van der Waals surface area contributed by atoms with E-state index < -0.39 is 5.54 Å². The van der Waals surface area contributed by atoms with E-state index in [9.17, 15) is 9.59 Å². The third-order valence-electron chi connectivity index (χ3n) is 3.76. The molecule has 0 aromatic carbocycles. The van der Waals surface area contributed by atoms with E-state index in [2.05, 4.69) is 4.98 Å². The van der Waals surface area contributed by atoms with Crippen LogP contribution in [0.1, 0.15) is 38.8 Å². The molecule has 0 spiro atoms. The Balaban J connectivity index is 1.98. The highest BCUT2D eigenvalue weighted by Gasteiger charge is 2.39. The highest BCUT2D eigenvalue weighted by Crippen LogP contribution is 2.25. The van der Waals surface area contributed by atoms with E-state index in [1.54, 1.807) is 11.1 Å². The van der Waals surface area contributed by atoms with Crippen molar-refractivity contribution < 1.29 is 9.59 Å². The van der Waals surface area contributed by atoms with Gasteiger partial charge in [-0.2, -0.15) is 0 Å². The third kappa shape index (κ3) is 3.00. The summed E-state index contributed by atoms with van der Waals surface area (Å²) in [7, 11) is 0. The maximum Gasteiger partial charge on any atom is 0.223 e. The first-order valence-corrected chi connectivity index (χ1v) is 6.75. The van der Waals surface area contributed by atoms with Gasteiger partial charge in [-0.15, -0.1) is 0 Å². The summed E-state index contributed by atoms with van der Waals surface area (Å²) in [5, 5.41) is 0.